The van der Waals surface area contributed by atoms with Crippen molar-refractivity contribution in [3.8, 4) is 33.4 Å². The van der Waals surface area contributed by atoms with Crippen molar-refractivity contribution >= 4 is 70.0 Å². The van der Waals surface area contributed by atoms with Crippen LogP contribution < -0.4 is 19.6 Å². The summed E-state index contributed by atoms with van der Waals surface area (Å²) >= 11 is 0. The van der Waals surface area contributed by atoms with Crippen molar-refractivity contribution in [3.63, 3.8) is 0 Å². The molecule has 0 N–H and O–H groups in total. The van der Waals surface area contributed by atoms with Gasteiger partial charge in [0.1, 0.15) is 0 Å². The first-order valence-electron chi connectivity index (χ1n) is 20.8. The minimum absolute atomic E-state index is 0.206. The van der Waals surface area contributed by atoms with E-state index in [0.29, 0.717) is 33.4 Å². The van der Waals surface area contributed by atoms with Crippen LogP contribution in [0.5, 0.6) is 0 Å². The van der Waals surface area contributed by atoms with Crippen LogP contribution in [0.1, 0.15) is 23.6 Å². The highest BCUT2D eigenvalue weighted by Crippen LogP contribution is 2.48. The Bertz CT molecular complexity index is 3040. The van der Waals surface area contributed by atoms with Gasteiger partial charge in [-0.2, -0.15) is 0 Å². The largest absolute Gasteiger partial charge is 0.269 e. The molecule has 0 unspecified atom stereocenters. The maximum Gasteiger partial charge on any atom is 0.258 e. The van der Waals surface area contributed by atoms with Gasteiger partial charge in [-0.3, -0.25) is 38.4 Å². The molecule has 12 heteroatoms. The average Bonchev–Trinajstić information content (AvgIpc) is 4.08. The van der Waals surface area contributed by atoms with E-state index in [1.54, 1.807) is 72.8 Å². The van der Waals surface area contributed by atoms with Gasteiger partial charge in [-0.15, -0.1) is 0 Å². The van der Waals surface area contributed by atoms with Crippen molar-refractivity contribution in [2.75, 3.05) is 19.6 Å². The molecule has 0 fully saturated rings. The van der Waals surface area contributed by atoms with E-state index in [9.17, 15) is 38.4 Å². The molecule has 6 aromatic carbocycles. The molecule has 0 saturated carbocycles. The normalized spacial score (nSPS) is 15.8. The molecule has 0 saturated heterocycles. The standard InChI is InChI=1S/C54H34N4O8/c1-54(35-17-15-34(16-18-35)33-9-3-2-4-10-33,36-19-21-44(57-50(63)27-28-51(57)64)40(31-36)38-11-5-7-13-42(38)55-46(59)23-24-47(55)60)37-20-22-45(58-52(65)29-30-53(58)66)41(32-37)39-12-6-8-14-43(39)56-48(61)25-26-49(56)62/h2-32H,1H3. The van der Waals surface area contributed by atoms with Crippen LogP contribution in [-0.2, 0) is 43.8 Å². The zero-order valence-corrected chi connectivity index (χ0v) is 35.0. The highest BCUT2D eigenvalue weighted by molar-refractivity contribution is 6.32. The number of imide groups is 4. The minimum atomic E-state index is -1.16. The third-order valence-corrected chi connectivity index (χ3v) is 12.3. The van der Waals surface area contributed by atoms with E-state index in [1.165, 1.54) is 48.6 Å². The molecule has 0 radical (unpaired) electrons. The van der Waals surface area contributed by atoms with Crippen LogP contribution in [-0.4, -0.2) is 47.3 Å². The van der Waals surface area contributed by atoms with Gasteiger partial charge in [-0.05, 0) is 71.1 Å². The third-order valence-electron chi connectivity index (χ3n) is 12.3. The molecule has 10 rings (SSSR count). The zero-order valence-electron chi connectivity index (χ0n) is 35.0. The zero-order chi connectivity index (χ0) is 45.9. The smallest absolute Gasteiger partial charge is 0.258 e. The minimum Gasteiger partial charge on any atom is -0.269 e. The number of hydrogen-bond donors (Lipinski definition) is 0. The number of anilines is 4. The summed E-state index contributed by atoms with van der Waals surface area (Å²) < 4.78 is 0. The van der Waals surface area contributed by atoms with E-state index in [2.05, 4.69) is 0 Å². The molecule has 8 amide bonds. The Balaban J connectivity index is 1.24. The van der Waals surface area contributed by atoms with E-state index < -0.39 is 52.7 Å². The molecule has 0 spiro atoms. The molecule has 6 aromatic rings. The lowest BCUT2D eigenvalue weighted by atomic mass is 9.69. The molecule has 0 aromatic heterocycles. The molecule has 4 heterocycles. The fraction of sp³-hybridized carbons (Fsp3) is 0.0370. The maximum absolute atomic E-state index is 13.4. The average molecular weight is 867 g/mol. The number of hydrogen-bond acceptors (Lipinski definition) is 8. The van der Waals surface area contributed by atoms with E-state index in [4.69, 9.17) is 0 Å². The van der Waals surface area contributed by atoms with Gasteiger partial charge in [0.15, 0.2) is 0 Å². The Kier molecular flexibility index (Phi) is 9.84. The summed E-state index contributed by atoms with van der Waals surface area (Å²) in [5, 5.41) is 0. The maximum atomic E-state index is 13.4. The number of carbonyl (C=O) groups is 8. The summed E-state index contributed by atoms with van der Waals surface area (Å²) in [6, 6.07) is 41.8. The highest BCUT2D eigenvalue weighted by Gasteiger charge is 2.38. The van der Waals surface area contributed by atoms with Gasteiger partial charge in [0.2, 0.25) is 0 Å². The number of nitrogens with zero attached hydrogens (tertiary/aromatic N) is 4. The van der Waals surface area contributed by atoms with Crippen LogP contribution in [0.3, 0.4) is 0 Å². The molecule has 4 aliphatic heterocycles. The van der Waals surface area contributed by atoms with Gasteiger partial charge >= 0.3 is 0 Å². The summed E-state index contributed by atoms with van der Waals surface area (Å²) in [4.78, 5) is 110. The second kappa shape index (κ2) is 15.9. The van der Waals surface area contributed by atoms with Gasteiger partial charge < -0.3 is 0 Å². The fourth-order valence-electron chi connectivity index (χ4n) is 8.99. The van der Waals surface area contributed by atoms with Crippen molar-refractivity contribution < 1.29 is 38.4 Å². The van der Waals surface area contributed by atoms with Crippen LogP contribution in [0, 0.1) is 0 Å². The Morgan fingerprint density at radius 2 is 0.576 bits per heavy atom. The predicted octanol–water partition coefficient (Wildman–Crippen LogP) is 7.76. The Morgan fingerprint density at radius 1 is 0.288 bits per heavy atom. The summed E-state index contributed by atoms with van der Waals surface area (Å²) in [6.07, 6.45) is 9.40. The lowest BCUT2D eigenvalue weighted by molar-refractivity contribution is -0.121. The van der Waals surface area contributed by atoms with Crippen molar-refractivity contribution in [3.05, 3.63) is 205 Å². The first-order chi connectivity index (χ1) is 31.9. The highest BCUT2D eigenvalue weighted by atomic mass is 16.2. The van der Waals surface area contributed by atoms with E-state index in [1.807, 2.05) is 73.7 Å². The van der Waals surface area contributed by atoms with E-state index in [-0.39, 0.29) is 22.7 Å². The third kappa shape index (κ3) is 6.63. The monoisotopic (exact) mass is 866 g/mol. The van der Waals surface area contributed by atoms with Gasteiger partial charge in [-0.1, -0.05) is 103 Å². The fourth-order valence-corrected chi connectivity index (χ4v) is 8.99. The Morgan fingerprint density at radius 3 is 0.939 bits per heavy atom. The molecule has 0 atom stereocenters. The topological polar surface area (TPSA) is 150 Å². The van der Waals surface area contributed by atoms with Crippen LogP contribution in [0.25, 0.3) is 33.4 Å². The first kappa shape index (κ1) is 40.9. The summed E-state index contributed by atoms with van der Waals surface area (Å²) in [7, 11) is 0. The van der Waals surface area contributed by atoms with Gasteiger partial charge in [0.05, 0.1) is 22.7 Å². The number of amides is 8. The number of carbonyl (C=O) groups excluding carboxylic acids is 8. The summed E-state index contributed by atoms with van der Waals surface area (Å²) in [6.45, 7) is 1.98. The lowest BCUT2D eigenvalue weighted by Crippen LogP contribution is -2.32. The molecule has 0 aliphatic carbocycles. The van der Waals surface area contributed by atoms with Gasteiger partial charge in [0.25, 0.3) is 47.3 Å². The lowest BCUT2D eigenvalue weighted by Gasteiger charge is -2.35. The van der Waals surface area contributed by atoms with Crippen molar-refractivity contribution in [2.24, 2.45) is 0 Å². The molecular formula is C54H34N4O8. The van der Waals surface area contributed by atoms with Gasteiger partial charge in [-0.25, -0.2) is 19.6 Å². The first-order valence-corrected chi connectivity index (χ1v) is 20.8. The Hall–Kier alpha value is -9.16. The summed E-state index contributed by atoms with van der Waals surface area (Å²) in [5.74, 6) is -4.56. The number of benzene rings is 6. The van der Waals surface area contributed by atoms with Gasteiger partial charge in [0, 0.05) is 76.3 Å². The molecule has 0 bridgehead atoms. The second-order valence-corrected chi connectivity index (χ2v) is 15.9. The molecule has 66 heavy (non-hydrogen) atoms. The SMILES string of the molecule is CC(c1ccc(-c2ccccc2)cc1)(c1ccc(N2C(=O)C=CC2=O)c(-c2ccccc2N2C(=O)C=CC2=O)c1)c1ccc(N2C(=O)C=CC2=O)c(-c2ccccc2N2C(=O)C=CC2=O)c1. The molecule has 318 valence electrons. The van der Waals surface area contributed by atoms with Crippen LogP contribution in [0.2, 0.25) is 0 Å². The molecule has 12 nitrogen and oxygen atoms in total. The van der Waals surface area contributed by atoms with Crippen LogP contribution >= 0.6 is 0 Å². The number of para-hydroxylation sites is 2. The summed E-state index contributed by atoms with van der Waals surface area (Å²) in [5.41, 5.74) is 5.14. The van der Waals surface area contributed by atoms with Crippen LogP contribution in [0.4, 0.5) is 22.7 Å². The van der Waals surface area contributed by atoms with E-state index in [0.717, 1.165) is 36.3 Å². The molecule has 4 aliphatic rings. The van der Waals surface area contributed by atoms with Crippen molar-refractivity contribution in [2.45, 2.75) is 12.3 Å². The second-order valence-electron chi connectivity index (χ2n) is 15.9. The predicted molar refractivity (Wildman–Crippen MR) is 248 cm³/mol. The van der Waals surface area contributed by atoms with Crippen molar-refractivity contribution in [1.29, 1.82) is 0 Å². The van der Waals surface area contributed by atoms with E-state index >= 15 is 0 Å². The van der Waals surface area contributed by atoms with Crippen molar-refractivity contribution in [1.82, 2.24) is 0 Å². The quantitative estimate of drug-likeness (QED) is 0.100. The number of rotatable bonds is 10. The van der Waals surface area contributed by atoms with Crippen LogP contribution in [0.15, 0.2) is 188 Å². The Labute approximate surface area is 377 Å². The molecular weight excluding hydrogens is 833 g/mol.